The summed E-state index contributed by atoms with van der Waals surface area (Å²) >= 11 is -0.0906. The van der Waals surface area contributed by atoms with Gasteiger partial charge in [0.25, 0.3) is 0 Å². The largest absolute Gasteiger partial charge is 0.446 e. The Morgan fingerprint density at radius 1 is 1.08 bits per heavy atom. The predicted molar refractivity (Wildman–Crippen MR) is 43.1 cm³/mol. The Morgan fingerprint density at radius 2 is 1.58 bits per heavy atom. The van der Waals surface area contributed by atoms with Gasteiger partial charge < -0.3 is 0 Å². The van der Waals surface area contributed by atoms with Crippen molar-refractivity contribution in [2.45, 2.75) is 17.3 Å². The topological polar surface area (TPSA) is 0 Å². The minimum atomic E-state index is -4.19. The summed E-state index contributed by atoms with van der Waals surface area (Å²) in [5.74, 6) is 0. The van der Waals surface area contributed by atoms with Gasteiger partial charge in [-0.2, -0.15) is 13.2 Å². The SMILES string of the molecule is Cc1ccc(SC(F)(F)F)cc1. The fourth-order valence-corrected chi connectivity index (χ4v) is 1.28. The van der Waals surface area contributed by atoms with Crippen molar-refractivity contribution >= 4 is 11.8 Å². The van der Waals surface area contributed by atoms with Crippen LogP contribution in [0.3, 0.4) is 0 Å². The van der Waals surface area contributed by atoms with Gasteiger partial charge in [0, 0.05) is 4.90 Å². The number of rotatable bonds is 1. The van der Waals surface area contributed by atoms with E-state index in [4.69, 9.17) is 0 Å². The molecule has 0 fully saturated rings. The molecule has 66 valence electrons. The average Bonchev–Trinajstić information content (AvgIpc) is 1.91. The summed E-state index contributed by atoms with van der Waals surface area (Å²) in [5.41, 5.74) is -3.23. The van der Waals surface area contributed by atoms with Crippen LogP contribution < -0.4 is 0 Å². The minimum absolute atomic E-state index is 0.0906. The van der Waals surface area contributed by atoms with E-state index in [2.05, 4.69) is 0 Å². The molecule has 0 saturated carbocycles. The van der Waals surface area contributed by atoms with Crippen LogP contribution in [0.1, 0.15) is 5.56 Å². The van der Waals surface area contributed by atoms with E-state index < -0.39 is 5.51 Å². The van der Waals surface area contributed by atoms with E-state index in [9.17, 15) is 13.2 Å². The molecule has 1 aromatic carbocycles. The number of alkyl halides is 3. The molecule has 12 heavy (non-hydrogen) atoms. The highest BCUT2D eigenvalue weighted by Crippen LogP contribution is 2.36. The maximum atomic E-state index is 11.8. The zero-order chi connectivity index (χ0) is 9.19. The highest BCUT2D eigenvalue weighted by molar-refractivity contribution is 8.00. The Balaban J connectivity index is 2.71. The molecule has 0 spiro atoms. The van der Waals surface area contributed by atoms with E-state index >= 15 is 0 Å². The lowest BCUT2D eigenvalue weighted by Crippen LogP contribution is -1.98. The zero-order valence-corrected chi connectivity index (χ0v) is 7.17. The number of thioether (sulfide) groups is 1. The lowest BCUT2D eigenvalue weighted by Gasteiger charge is -2.04. The fraction of sp³-hybridized carbons (Fsp3) is 0.250. The molecular weight excluding hydrogens is 185 g/mol. The maximum Gasteiger partial charge on any atom is 0.446 e. The Kier molecular flexibility index (Phi) is 2.67. The van der Waals surface area contributed by atoms with Crippen LogP contribution in [0, 0.1) is 6.92 Å². The molecule has 0 aromatic heterocycles. The van der Waals surface area contributed by atoms with Gasteiger partial charge in [0.05, 0.1) is 0 Å². The third-order valence-corrected chi connectivity index (χ3v) is 1.99. The Labute approximate surface area is 72.8 Å². The van der Waals surface area contributed by atoms with Crippen LogP contribution in [0.2, 0.25) is 0 Å². The average molecular weight is 192 g/mol. The van der Waals surface area contributed by atoms with Crippen LogP contribution in [-0.2, 0) is 0 Å². The highest BCUT2D eigenvalue weighted by atomic mass is 32.2. The van der Waals surface area contributed by atoms with Gasteiger partial charge in [-0.1, -0.05) is 17.7 Å². The molecule has 4 heteroatoms. The molecule has 0 aliphatic heterocycles. The molecule has 0 radical (unpaired) electrons. The third kappa shape index (κ3) is 3.17. The van der Waals surface area contributed by atoms with Crippen molar-refractivity contribution < 1.29 is 13.2 Å². The molecule has 1 aromatic rings. The molecular formula is C8H7F3S. The van der Waals surface area contributed by atoms with Crippen molar-refractivity contribution in [3.8, 4) is 0 Å². The second kappa shape index (κ2) is 3.39. The molecule has 0 bridgehead atoms. The lowest BCUT2D eigenvalue weighted by atomic mass is 10.2. The van der Waals surface area contributed by atoms with Crippen LogP contribution >= 0.6 is 11.8 Å². The summed E-state index contributed by atoms with van der Waals surface area (Å²) in [6, 6.07) is 6.25. The van der Waals surface area contributed by atoms with E-state index in [-0.39, 0.29) is 16.7 Å². The van der Waals surface area contributed by atoms with Crippen LogP contribution in [-0.4, -0.2) is 5.51 Å². The quantitative estimate of drug-likeness (QED) is 0.612. The summed E-state index contributed by atoms with van der Waals surface area (Å²) in [6.45, 7) is 1.84. The van der Waals surface area contributed by atoms with Crippen LogP contribution in [0.5, 0.6) is 0 Å². The van der Waals surface area contributed by atoms with Gasteiger partial charge in [-0.25, -0.2) is 0 Å². The number of halogens is 3. The van der Waals surface area contributed by atoms with Crippen molar-refractivity contribution in [2.75, 3.05) is 0 Å². The van der Waals surface area contributed by atoms with E-state index in [0.29, 0.717) is 0 Å². The molecule has 0 atom stereocenters. The van der Waals surface area contributed by atoms with E-state index in [0.717, 1.165) is 5.56 Å². The van der Waals surface area contributed by atoms with Crippen LogP contribution in [0.25, 0.3) is 0 Å². The van der Waals surface area contributed by atoms with Gasteiger partial charge in [0.1, 0.15) is 0 Å². The smallest absolute Gasteiger partial charge is 0.160 e. The fourth-order valence-electron chi connectivity index (χ4n) is 0.740. The molecule has 0 unspecified atom stereocenters. The van der Waals surface area contributed by atoms with Crippen molar-refractivity contribution in [2.24, 2.45) is 0 Å². The van der Waals surface area contributed by atoms with Gasteiger partial charge in [0.2, 0.25) is 0 Å². The second-order valence-corrected chi connectivity index (χ2v) is 3.50. The zero-order valence-electron chi connectivity index (χ0n) is 6.35. The number of aryl methyl sites for hydroxylation is 1. The van der Waals surface area contributed by atoms with Crippen molar-refractivity contribution in [3.05, 3.63) is 29.8 Å². The van der Waals surface area contributed by atoms with Gasteiger partial charge in [-0.3, -0.25) is 0 Å². The van der Waals surface area contributed by atoms with Crippen molar-refractivity contribution in [1.82, 2.24) is 0 Å². The first-order valence-corrected chi connectivity index (χ1v) is 4.11. The predicted octanol–water partition coefficient (Wildman–Crippen LogP) is 3.61. The van der Waals surface area contributed by atoms with Gasteiger partial charge in [0.15, 0.2) is 0 Å². The summed E-state index contributed by atoms with van der Waals surface area (Å²) in [4.78, 5) is 0.230. The van der Waals surface area contributed by atoms with E-state index in [1.165, 1.54) is 12.1 Å². The molecule has 0 aliphatic rings. The van der Waals surface area contributed by atoms with Gasteiger partial charge >= 0.3 is 5.51 Å². The Bertz CT molecular complexity index is 250. The van der Waals surface area contributed by atoms with E-state index in [1.807, 2.05) is 6.92 Å². The summed E-state index contributed by atoms with van der Waals surface area (Å²) in [7, 11) is 0. The van der Waals surface area contributed by atoms with Crippen LogP contribution in [0.4, 0.5) is 13.2 Å². The monoisotopic (exact) mass is 192 g/mol. The first-order chi connectivity index (χ1) is 5.47. The number of hydrogen-bond donors (Lipinski definition) is 0. The molecule has 0 heterocycles. The minimum Gasteiger partial charge on any atom is -0.160 e. The lowest BCUT2D eigenvalue weighted by molar-refractivity contribution is -0.0328. The van der Waals surface area contributed by atoms with Gasteiger partial charge in [-0.05, 0) is 30.8 Å². The molecule has 0 nitrogen and oxygen atoms in total. The molecule has 0 aliphatic carbocycles. The summed E-state index contributed by atoms with van der Waals surface area (Å²) in [6.07, 6.45) is 0. The first-order valence-electron chi connectivity index (χ1n) is 3.30. The molecule has 0 saturated heterocycles. The normalized spacial score (nSPS) is 11.7. The number of benzene rings is 1. The molecule has 0 N–H and O–H groups in total. The van der Waals surface area contributed by atoms with Crippen molar-refractivity contribution in [1.29, 1.82) is 0 Å². The standard InChI is InChI=1S/C8H7F3S/c1-6-2-4-7(5-3-6)12-8(9,10)11/h2-5H,1H3. The Hall–Kier alpha value is -0.640. The first kappa shape index (κ1) is 9.45. The van der Waals surface area contributed by atoms with Crippen LogP contribution in [0.15, 0.2) is 29.2 Å². The van der Waals surface area contributed by atoms with E-state index in [1.54, 1.807) is 12.1 Å². The maximum absolute atomic E-state index is 11.8. The van der Waals surface area contributed by atoms with Crippen molar-refractivity contribution in [3.63, 3.8) is 0 Å². The number of hydrogen-bond acceptors (Lipinski definition) is 1. The summed E-state index contributed by atoms with van der Waals surface area (Å²) < 4.78 is 35.4. The second-order valence-electron chi connectivity index (χ2n) is 2.36. The molecule has 0 amide bonds. The highest BCUT2D eigenvalue weighted by Gasteiger charge is 2.28. The Morgan fingerprint density at radius 3 is 2.00 bits per heavy atom. The molecule has 1 rings (SSSR count). The third-order valence-electron chi connectivity index (χ3n) is 1.25. The van der Waals surface area contributed by atoms with Gasteiger partial charge in [-0.15, -0.1) is 0 Å². The summed E-state index contributed by atoms with van der Waals surface area (Å²) in [5, 5.41) is 0.